The largest absolute Gasteiger partial charge is 0.367 e. The van der Waals surface area contributed by atoms with Crippen molar-refractivity contribution in [2.45, 2.75) is 57.5 Å². The van der Waals surface area contributed by atoms with E-state index in [4.69, 9.17) is 11.1 Å². The quantitative estimate of drug-likeness (QED) is 0.464. The molecule has 2 aromatic carbocycles. The molecule has 0 aliphatic heterocycles. The van der Waals surface area contributed by atoms with E-state index in [1.165, 1.54) is 48.8 Å². The van der Waals surface area contributed by atoms with Gasteiger partial charge < -0.3 is 11.1 Å². The number of rotatable bonds is 6. The Kier molecular flexibility index (Phi) is 10.5. The second-order valence-corrected chi connectivity index (χ2v) is 7.07. The highest BCUT2D eigenvalue weighted by molar-refractivity contribution is 5.96. The van der Waals surface area contributed by atoms with E-state index in [1.807, 2.05) is 0 Å². The van der Waals surface area contributed by atoms with Crippen LogP contribution in [-0.4, -0.2) is 11.9 Å². The van der Waals surface area contributed by atoms with Crippen LogP contribution in [0.4, 0.5) is 0 Å². The number of nitrogens with two attached hydrogens (primary N) is 1. The Morgan fingerprint density at radius 3 is 1.81 bits per heavy atom. The summed E-state index contributed by atoms with van der Waals surface area (Å²) in [6, 6.07) is 17.5. The molecule has 0 spiro atoms. The van der Waals surface area contributed by atoms with Crippen molar-refractivity contribution >= 4 is 30.6 Å². The van der Waals surface area contributed by atoms with Crippen LogP contribution in [-0.2, 0) is 19.4 Å². The van der Waals surface area contributed by atoms with Gasteiger partial charge in [0.15, 0.2) is 0 Å². The summed E-state index contributed by atoms with van der Waals surface area (Å²) in [6.07, 6.45) is 8.36. The molecule has 4 N–H and O–H groups in total. The van der Waals surface area contributed by atoms with E-state index in [1.54, 1.807) is 0 Å². The van der Waals surface area contributed by atoms with E-state index in [-0.39, 0.29) is 24.8 Å². The highest BCUT2D eigenvalue weighted by Crippen LogP contribution is 2.18. The number of benzene rings is 2. The number of amidine groups is 1. The normalized spacial score (nSPS) is 14.0. The number of halogens is 2. The molecular weight excluding hydrogens is 377 g/mol. The third-order valence-electron chi connectivity index (χ3n) is 5.16. The predicted octanol–water partition coefficient (Wildman–Crippen LogP) is 5.02. The summed E-state index contributed by atoms with van der Waals surface area (Å²) in [6.45, 7) is 0.600. The Morgan fingerprint density at radius 2 is 1.30 bits per heavy atom. The molecule has 1 aliphatic carbocycles. The van der Waals surface area contributed by atoms with Crippen LogP contribution in [0.25, 0.3) is 0 Å². The van der Waals surface area contributed by atoms with Gasteiger partial charge in [0.1, 0.15) is 5.84 Å². The SMILES string of the molecule is Cl.Cl.N=C(NC1CCCCC1)c1ccc(CCc2ccc(CN)cc2)cc1. The summed E-state index contributed by atoms with van der Waals surface area (Å²) in [5.74, 6) is 0.566. The van der Waals surface area contributed by atoms with Crippen molar-refractivity contribution in [1.29, 1.82) is 5.41 Å². The van der Waals surface area contributed by atoms with Crippen LogP contribution in [0, 0.1) is 5.41 Å². The molecule has 0 atom stereocenters. The average molecular weight is 408 g/mol. The lowest BCUT2D eigenvalue weighted by Gasteiger charge is -2.24. The second-order valence-electron chi connectivity index (χ2n) is 7.07. The number of hydrogen-bond donors (Lipinski definition) is 3. The van der Waals surface area contributed by atoms with Crippen molar-refractivity contribution in [1.82, 2.24) is 5.32 Å². The van der Waals surface area contributed by atoms with Gasteiger partial charge in [0.25, 0.3) is 0 Å². The summed E-state index contributed by atoms with van der Waals surface area (Å²) < 4.78 is 0. The molecule has 0 bridgehead atoms. The van der Waals surface area contributed by atoms with E-state index < -0.39 is 0 Å². The fourth-order valence-electron chi connectivity index (χ4n) is 3.50. The first-order chi connectivity index (χ1) is 12.2. The molecule has 2 aromatic rings. The Labute approximate surface area is 175 Å². The van der Waals surface area contributed by atoms with Crippen LogP contribution in [0.3, 0.4) is 0 Å². The van der Waals surface area contributed by atoms with E-state index in [2.05, 4.69) is 53.8 Å². The van der Waals surface area contributed by atoms with Crippen molar-refractivity contribution in [2.75, 3.05) is 0 Å². The lowest BCUT2D eigenvalue weighted by Crippen LogP contribution is -2.36. The molecule has 0 aromatic heterocycles. The molecule has 1 aliphatic rings. The highest BCUT2D eigenvalue weighted by atomic mass is 35.5. The maximum absolute atomic E-state index is 8.29. The monoisotopic (exact) mass is 407 g/mol. The molecule has 0 heterocycles. The van der Waals surface area contributed by atoms with Gasteiger partial charge in [-0.15, -0.1) is 24.8 Å². The summed E-state index contributed by atoms with van der Waals surface area (Å²) in [5.41, 5.74) is 10.5. The zero-order valence-electron chi connectivity index (χ0n) is 15.7. The molecule has 1 fully saturated rings. The zero-order chi connectivity index (χ0) is 17.5. The van der Waals surface area contributed by atoms with Crippen LogP contribution in [0.1, 0.15) is 54.4 Å². The average Bonchev–Trinajstić information content (AvgIpc) is 2.68. The van der Waals surface area contributed by atoms with Gasteiger partial charge in [-0.05, 0) is 42.4 Å². The van der Waals surface area contributed by atoms with Gasteiger partial charge in [-0.2, -0.15) is 0 Å². The molecule has 0 saturated heterocycles. The second kappa shape index (κ2) is 12.0. The summed E-state index contributed by atoms with van der Waals surface area (Å²) in [4.78, 5) is 0. The van der Waals surface area contributed by atoms with Gasteiger partial charge in [-0.1, -0.05) is 67.8 Å². The van der Waals surface area contributed by atoms with Gasteiger partial charge in [-0.3, -0.25) is 5.41 Å². The molecule has 3 nitrogen and oxygen atoms in total. The van der Waals surface area contributed by atoms with Crippen LogP contribution in [0.2, 0.25) is 0 Å². The Hall–Kier alpha value is -1.55. The van der Waals surface area contributed by atoms with Crippen molar-refractivity contribution in [3.8, 4) is 0 Å². The molecule has 0 unspecified atom stereocenters. The molecule has 148 valence electrons. The van der Waals surface area contributed by atoms with Gasteiger partial charge in [0.05, 0.1) is 0 Å². The third kappa shape index (κ3) is 7.17. The van der Waals surface area contributed by atoms with Crippen LogP contribution in [0.15, 0.2) is 48.5 Å². The minimum Gasteiger partial charge on any atom is -0.367 e. The maximum Gasteiger partial charge on any atom is 0.125 e. The predicted molar refractivity (Wildman–Crippen MR) is 120 cm³/mol. The van der Waals surface area contributed by atoms with E-state index in [9.17, 15) is 0 Å². The van der Waals surface area contributed by atoms with Crippen molar-refractivity contribution in [2.24, 2.45) is 5.73 Å². The lowest BCUT2D eigenvalue weighted by molar-refractivity contribution is 0.413. The topological polar surface area (TPSA) is 61.9 Å². The first kappa shape index (κ1) is 23.5. The lowest BCUT2D eigenvalue weighted by atomic mass is 9.95. The third-order valence-corrected chi connectivity index (χ3v) is 5.16. The van der Waals surface area contributed by atoms with Crippen molar-refractivity contribution in [3.63, 3.8) is 0 Å². The fourth-order valence-corrected chi connectivity index (χ4v) is 3.50. The van der Waals surface area contributed by atoms with Gasteiger partial charge in [-0.25, -0.2) is 0 Å². The Balaban J connectivity index is 0.00000182. The number of nitrogens with one attached hydrogen (secondary N) is 2. The van der Waals surface area contributed by atoms with Gasteiger partial charge in [0.2, 0.25) is 0 Å². The summed E-state index contributed by atoms with van der Waals surface area (Å²) in [5, 5.41) is 11.7. The van der Waals surface area contributed by atoms with Crippen molar-refractivity contribution in [3.05, 3.63) is 70.8 Å². The maximum atomic E-state index is 8.29. The molecule has 5 heteroatoms. The Bertz CT molecular complexity index is 678. The number of hydrogen-bond acceptors (Lipinski definition) is 2. The van der Waals surface area contributed by atoms with Gasteiger partial charge in [0, 0.05) is 18.2 Å². The smallest absolute Gasteiger partial charge is 0.125 e. The summed E-state index contributed by atoms with van der Waals surface area (Å²) >= 11 is 0. The highest BCUT2D eigenvalue weighted by Gasteiger charge is 2.14. The minimum absolute atomic E-state index is 0. The number of aryl methyl sites for hydroxylation is 2. The molecule has 3 rings (SSSR count). The molecule has 0 amide bonds. The van der Waals surface area contributed by atoms with Crippen molar-refractivity contribution < 1.29 is 0 Å². The van der Waals surface area contributed by atoms with E-state index in [0.29, 0.717) is 18.4 Å². The van der Waals surface area contributed by atoms with Crippen LogP contribution < -0.4 is 11.1 Å². The van der Waals surface area contributed by atoms with Gasteiger partial charge >= 0.3 is 0 Å². The standard InChI is InChI=1S/C22H29N3.2ClH/c23-16-19-10-8-17(9-11-19)6-7-18-12-14-20(15-13-18)22(24)25-21-4-2-1-3-5-21;;/h8-15,21H,1-7,16,23H2,(H2,24,25);2*1H. The first-order valence-corrected chi connectivity index (χ1v) is 9.47. The molecule has 0 radical (unpaired) electrons. The van der Waals surface area contributed by atoms with Crippen LogP contribution in [0.5, 0.6) is 0 Å². The summed E-state index contributed by atoms with van der Waals surface area (Å²) in [7, 11) is 0. The zero-order valence-corrected chi connectivity index (χ0v) is 17.4. The fraction of sp³-hybridized carbons (Fsp3) is 0.409. The molecule has 27 heavy (non-hydrogen) atoms. The molecular formula is C22H31Cl2N3. The molecule has 1 saturated carbocycles. The minimum atomic E-state index is 0. The van der Waals surface area contributed by atoms with E-state index >= 15 is 0 Å². The first-order valence-electron chi connectivity index (χ1n) is 9.47. The van der Waals surface area contributed by atoms with Crippen LogP contribution >= 0.6 is 24.8 Å². The Morgan fingerprint density at radius 1 is 0.815 bits per heavy atom. The van der Waals surface area contributed by atoms with E-state index in [0.717, 1.165) is 18.4 Å².